The molecule has 1 aromatic heterocycles. The number of hydrogen-bond donors (Lipinski definition) is 5. The van der Waals surface area contributed by atoms with Crippen LogP contribution in [0.1, 0.15) is 111 Å². The molecular weight excluding hydrogens is 536 g/mol. The highest BCUT2D eigenvalue weighted by molar-refractivity contribution is 5.36. The van der Waals surface area contributed by atoms with Crippen molar-refractivity contribution in [1.82, 2.24) is 0 Å². The van der Waals surface area contributed by atoms with Crippen LogP contribution in [0.15, 0.2) is 50.7 Å². The highest BCUT2D eigenvalue weighted by Gasteiger charge is 2.41. The molecule has 1 aliphatic rings. The van der Waals surface area contributed by atoms with Crippen LogP contribution in [0, 0.1) is 11.8 Å². The maximum absolute atomic E-state index is 12.9. The summed E-state index contributed by atoms with van der Waals surface area (Å²) in [5, 5.41) is 51.7. The summed E-state index contributed by atoms with van der Waals surface area (Å²) in [5.74, 6) is 0.469. The first kappa shape index (κ1) is 36.0. The molecule has 2 heterocycles. The second-order valence-corrected chi connectivity index (χ2v) is 12.8. The third kappa shape index (κ3) is 10.2. The number of unbranched alkanes of at least 4 members (excludes halogenated alkanes) is 3. The Hall–Kier alpha value is -2.23. The Morgan fingerprint density at radius 2 is 1.83 bits per heavy atom. The largest absolute Gasteiger partial charge is 0.507 e. The van der Waals surface area contributed by atoms with Gasteiger partial charge in [0.05, 0.1) is 30.3 Å². The van der Waals surface area contributed by atoms with Crippen LogP contribution >= 0.6 is 0 Å². The van der Waals surface area contributed by atoms with Gasteiger partial charge in [-0.2, -0.15) is 0 Å². The van der Waals surface area contributed by atoms with Crippen LogP contribution in [0.4, 0.5) is 0 Å². The molecule has 2 rings (SSSR count). The molecular formula is C34H54O8. The van der Waals surface area contributed by atoms with E-state index in [9.17, 15) is 30.3 Å². The van der Waals surface area contributed by atoms with Crippen molar-refractivity contribution in [3.8, 4) is 5.75 Å². The van der Waals surface area contributed by atoms with E-state index in [2.05, 4.69) is 39.8 Å². The highest BCUT2D eigenvalue weighted by atomic mass is 16.5. The number of aromatic hydroxyl groups is 1. The topological polar surface area (TPSA) is 141 Å². The molecule has 8 heteroatoms. The second-order valence-electron chi connectivity index (χ2n) is 12.8. The average Bonchev–Trinajstić information content (AvgIpc) is 2.91. The Labute approximate surface area is 251 Å². The summed E-state index contributed by atoms with van der Waals surface area (Å²) in [5.41, 5.74) is -0.0159. The zero-order valence-corrected chi connectivity index (χ0v) is 26.5. The molecule has 1 aromatic rings. The molecule has 8 nitrogen and oxygen atoms in total. The number of aliphatic hydroxyl groups excluding tert-OH is 4. The lowest BCUT2D eigenvalue weighted by atomic mass is 9.82. The van der Waals surface area contributed by atoms with Gasteiger partial charge < -0.3 is 34.7 Å². The van der Waals surface area contributed by atoms with Crippen molar-refractivity contribution < 1.29 is 34.7 Å². The molecule has 3 unspecified atom stereocenters. The third-order valence-electron chi connectivity index (χ3n) is 8.21. The summed E-state index contributed by atoms with van der Waals surface area (Å²) in [6.45, 7) is 13.8. The fourth-order valence-electron chi connectivity index (χ4n) is 5.62. The van der Waals surface area contributed by atoms with Crippen molar-refractivity contribution in [2.45, 2.75) is 129 Å². The molecule has 7 atom stereocenters. The van der Waals surface area contributed by atoms with Crippen LogP contribution in [-0.4, -0.2) is 56.6 Å². The van der Waals surface area contributed by atoms with Crippen LogP contribution in [0.3, 0.4) is 0 Å². The monoisotopic (exact) mass is 590 g/mol. The van der Waals surface area contributed by atoms with E-state index in [-0.39, 0.29) is 23.7 Å². The Kier molecular flexibility index (Phi) is 14.2. The summed E-state index contributed by atoms with van der Waals surface area (Å²) in [4.78, 5) is 12.9. The van der Waals surface area contributed by atoms with E-state index < -0.39 is 53.9 Å². The fraction of sp³-hybridized carbons (Fsp3) is 0.676. The van der Waals surface area contributed by atoms with Crippen LogP contribution in [-0.2, 0) is 10.2 Å². The number of aliphatic hydroxyl groups is 4. The average molecular weight is 591 g/mol. The minimum absolute atomic E-state index is 0.00909. The minimum Gasteiger partial charge on any atom is -0.507 e. The lowest BCUT2D eigenvalue weighted by Gasteiger charge is -2.36. The van der Waals surface area contributed by atoms with Gasteiger partial charge in [-0.05, 0) is 46.0 Å². The van der Waals surface area contributed by atoms with Gasteiger partial charge in [0.15, 0.2) is 0 Å². The maximum Gasteiger partial charge on any atom is 0.345 e. The van der Waals surface area contributed by atoms with Crippen LogP contribution in [0.5, 0.6) is 5.75 Å². The summed E-state index contributed by atoms with van der Waals surface area (Å²) in [6, 6.07) is 1.22. The summed E-state index contributed by atoms with van der Waals surface area (Å²) in [7, 11) is 0. The summed E-state index contributed by atoms with van der Waals surface area (Å²) in [6.07, 6.45) is 9.45. The van der Waals surface area contributed by atoms with E-state index in [0.717, 1.165) is 12.0 Å². The SMILES string of the molecule is CCCCCCC(C)C/C(C)=C\C(C)/C=C(C)/C=C/C(O)C(C)(C)c1cc(O)c([C@@H]2O[C@@H](CO)C[C@@H](O)[C@@H]2O)c(=O)o1. The third-order valence-corrected chi connectivity index (χ3v) is 8.21. The molecule has 42 heavy (non-hydrogen) atoms. The summed E-state index contributed by atoms with van der Waals surface area (Å²) < 4.78 is 11.0. The van der Waals surface area contributed by atoms with E-state index >= 15 is 0 Å². The zero-order valence-electron chi connectivity index (χ0n) is 26.5. The smallest absolute Gasteiger partial charge is 0.345 e. The van der Waals surface area contributed by atoms with Gasteiger partial charge in [0.1, 0.15) is 29.3 Å². The molecule has 0 radical (unpaired) electrons. The van der Waals surface area contributed by atoms with E-state index in [0.29, 0.717) is 5.92 Å². The maximum atomic E-state index is 12.9. The number of allylic oxidation sites excluding steroid dienone is 5. The number of rotatable bonds is 15. The Morgan fingerprint density at radius 3 is 2.45 bits per heavy atom. The molecule has 0 aliphatic carbocycles. The first-order valence-electron chi connectivity index (χ1n) is 15.4. The molecule has 1 fully saturated rings. The first-order chi connectivity index (χ1) is 19.7. The molecule has 5 N–H and O–H groups in total. The number of hydrogen-bond acceptors (Lipinski definition) is 8. The minimum atomic E-state index is -1.48. The highest BCUT2D eigenvalue weighted by Crippen LogP contribution is 2.37. The molecule has 0 spiro atoms. The lowest BCUT2D eigenvalue weighted by molar-refractivity contribution is -0.180. The van der Waals surface area contributed by atoms with E-state index in [4.69, 9.17) is 9.15 Å². The van der Waals surface area contributed by atoms with Crippen molar-refractivity contribution in [1.29, 1.82) is 0 Å². The normalized spacial score (nSPS) is 24.6. The van der Waals surface area contributed by atoms with Gasteiger partial charge in [-0.15, -0.1) is 0 Å². The quantitative estimate of drug-likeness (QED) is 0.101. The number of ether oxygens (including phenoxy) is 1. The van der Waals surface area contributed by atoms with Gasteiger partial charge in [0, 0.05) is 12.5 Å². The van der Waals surface area contributed by atoms with Gasteiger partial charge in [-0.1, -0.05) is 88.3 Å². The molecule has 1 saturated heterocycles. The van der Waals surface area contributed by atoms with Crippen LogP contribution < -0.4 is 5.63 Å². The van der Waals surface area contributed by atoms with Crippen molar-refractivity contribution in [3.63, 3.8) is 0 Å². The predicted molar refractivity (Wildman–Crippen MR) is 165 cm³/mol. The fourth-order valence-corrected chi connectivity index (χ4v) is 5.62. The van der Waals surface area contributed by atoms with Gasteiger partial charge in [-0.25, -0.2) is 4.79 Å². The van der Waals surface area contributed by atoms with Crippen molar-refractivity contribution >= 4 is 0 Å². The Bertz CT molecular complexity index is 1130. The second kappa shape index (κ2) is 16.6. The van der Waals surface area contributed by atoms with Crippen LogP contribution in [0.2, 0.25) is 0 Å². The Morgan fingerprint density at radius 1 is 1.14 bits per heavy atom. The van der Waals surface area contributed by atoms with Crippen molar-refractivity contribution in [3.05, 3.63) is 63.3 Å². The first-order valence-corrected chi connectivity index (χ1v) is 15.4. The standard InChI is InChI=1S/C34H54O8/c1-8-9-10-11-12-21(2)15-23(4)17-24(5)16-22(3)13-14-28(38)34(6,7)29-19-26(36)30(33(40)42-29)32-31(39)27(37)18-25(20-35)41-32/h13-14,16-17,19,21,24-25,27-28,31-32,35-39H,8-12,15,18,20H2,1-7H3/b14-13+,22-16+,23-17-/t21?,24?,25-,27-,28?,31+,32+/m1/s1. The Balaban J connectivity index is 2.10. The molecule has 0 bridgehead atoms. The van der Waals surface area contributed by atoms with Gasteiger partial charge in [-0.3, -0.25) is 0 Å². The molecule has 238 valence electrons. The molecule has 0 saturated carbocycles. The van der Waals surface area contributed by atoms with Crippen LogP contribution in [0.25, 0.3) is 0 Å². The predicted octanol–water partition coefficient (Wildman–Crippen LogP) is 5.61. The van der Waals surface area contributed by atoms with Gasteiger partial charge in [0.2, 0.25) is 0 Å². The molecule has 0 amide bonds. The van der Waals surface area contributed by atoms with E-state index in [1.165, 1.54) is 43.7 Å². The molecule has 0 aromatic carbocycles. The van der Waals surface area contributed by atoms with Crippen molar-refractivity contribution in [2.75, 3.05) is 6.61 Å². The zero-order chi connectivity index (χ0) is 31.6. The van der Waals surface area contributed by atoms with Crippen molar-refractivity contribution in [2.24, 2.45) is 11.8 Å². The van der Waals surface area contributed by atoms with Gasteiger partial charge >= 0.3 is 5.63 Å². The lowest BCUT2D eigenvalue weighted by Crippen LogP contribution is -2.46. The summed E-state index contributed by atoms with van der Waals surface area (Å²) >= 11 is 0. The van der Waals surface area contributed by atoms with E-state index in [1.54, 1.807) is 19.9 Å². The van der Waals surface area contributed by atoms with E-state index in [1.807, 2.05) is 13.0 Å². The van der Waals surface area contributed by atoms with Gasteiger partial charge in [0.25, 0.3) is 0 Å². The molecule has 1 aliphatic heterocycles.